The molecule has 3 atom stereocenters. The van der Waals surface area contributed by atoms with Crippen molar-refractivity contribution in [3.05, 3.63) is 24.5 Å². The first-order chi connectivity index (χ1) is 9.97. The Kier molecular flexibility index (Phi) is 7.64. The molecule has 0 bridgehead atoms. The van der Waals surface area contributed by atoms with Crippen LogP contribution in [0.15, 0.2) is 24.5 Å². The van der Waals surface area contributed by atoms with Crippen LogP contribution in [0.25, 0.3) is 0 Å². The maximum atomic E-state index is 6.29. The molecule has 126 valence electrons. The normalized spacial score (nSPS) is 24.9. The van der Waals surface area contributed by atoms with Gasteiger partial charge in [0, 0.05) is 20.2 Å². The van der Waals surface area contributed by atoms with Gasteiger partial charge in [-0.15, -0.1) is 0 Å². The summed E-state index contributed by atoms with van der Waals surface area (Å²) in [6.07, 6.45) is 8.51. The molecule has 3 nitrogen and oxygen atoms in total. The minimum atomic E-state index is 0. The number of hydrogen-bond acceptors (Lipinski definition) is 2. The number of anilines is 1. The summed E-state index contributed by atoms with van der Waals surface area (Å²) < 4.78 is 8.44. The molecule has 0 aromatic carbocycles. The zero-order valence-electron chi connectivity index (χ0n) is 14.6. The Morgan fingerprint density at radius 3 is 2.68 bits per heavy atom. The molecule has 1 aliphatic rings. The minimum absolute atomic E-state index is 0. The highest BCUT2D eigenvalue weighted by molar-refractivity contribution is 5.39. The molecule has 0 saturated heterocycles. The Hall–Kier alpha value is -0.800. The van der Waals surface area contributed by atoms with E-state index >= 15 is 0 Å². The van der Waals surface area contributed by atoms with Crippen LogP contribution < -0.4 is 21.9 Å². The van der Waals surface area contributed by atoms with Crippen LogP contribution in [-0.4, -0.2) is 20.2 Å². The lowest BCUT2D eigenvalue weighted by Gasteiger charge is -2.36. The Morgan fingerprint density at radius 1 is 1.32 bits per heavy atom. The first-order valence-corrected chi connectivity index (χ1v) is 8.25. The van der Waals surface area contributed by atoms with Crippen LogP contribution in [0, 0.1) is 17.8 Å². The van der Waals surface area contributed by atoms with Crippen molar-refractivity contribution in [2.75, 3.05) is 19.0 Å². The Labute approximate surface area is 142 Å². The summed E-state index contributed by atoms with van der Waals surface area (Å²) in [4.78, 5) is 2.12. The lowest BCUT2D eigenvalue weighted by Crippen LogP contribution is -3.00. The first-order valence-electron chi connectivity index (χ1n) is 8.25. The molecule has 0 N–H and O–H groups in total. The van der Waals surface area contributed by atoms with Crippen LogP contribution in [0.3, 0.4) is 0 Å². The molecule has 1 saturated carbocycles. The zero-order chi connectivity index (χ0) is 15.4. The molecule has 0 amide bonds. The molecule has 1 fully saturated rings. The van der Waals surface area contributed by atoms with Crippen molar-refractivity contribution in [1.82, 2.24) is 0 Å². The van der Waals surface area contributed by atoms with Gasteiger partial charge in [0.2, 0.25) is 0 Å². The number of ether oxygens (including phenoxy) is 1. The summed E-state index contributed by atoms with van der Waals surface area (Å²) >= 11 is 0. The summed E-state index contributed by atoms with van der Waals surface area (Å²) in [6, 6.07) is 4.21. The smallest absolute Gasteiger partial charge is 0.252 e. The summed E-state index contributed by atoms with van der Waals surface area (Å²) in [6.45, 7) is 7.67. The summed E-state index contributed by atoms with van der Waals surface area (Å²) in [5.74, 6) is 2.21. The standard InChI is InChI=1S/C18H31N2O.ClH/c1-14(2)17-9-8-15(3)11-18(17)21-13-20-10-6-7-16(12-20)19(4)5;/h6-7,10,12,14-15,17-18H,8-9,11,13H2,1-5H3;1H/q+1;/p-1/t15-,17+,18-;/m1./s1. The van der Waals surface area contributed by atoms with Gasteiger partial charge in [0.1, 0.15) is 5.69 Å². The highest BCUT2D eigenvalue weighted by atomic mass is 35.5. The summed E-state index contributed by atoms with van der Waals surface area (Å²) in [7, 11) is 4.14. The molecule has 4 heteroatoms. The van der Waals surface area contributed by atoms with Crippen molar-refractivity contribution < 1.29 is 21.7 Å². The Morgan fingerprint density at radius 2 is 2.05 bits per heavy atom. The first kappa shape index (κ1) is 19.2. The van der Waals surface area contributed by atoms with Crippen LogP contribution in [0.5, 0.6) is 0 Å². The Balaban J connectivity index is 0.00000242. The molecule has 0 unspecified atom stereocenters. The molecule has 1 aromatic heterocycles. The molecule has 1 aliphatic carbocycles. The third-order valence-electron chi connectivity index (χ3n) is 4.76. The van der Waals surface area contributed by atoms with Crippen LogP contribution in [-0.2, 0) is 11.5 Å². The summed E-state index contributed by atoms with van der Waals surface area (Å²) in [5.41, 5.74) is 1.21. The predicted molar refractivity (Wildman–Crippen MR) is 87.2 cm³/mol. The number of rotatable bonds is 5. The van der Waals surface area contributed by atoms with Crippen molar-refractivity contribution in [3.63, 3.8) is 0 Å². The van der Waals surface area contributed by atoms with E-state index in [1.807, 2.05) is 0 Å². The van der Waals surface area contributed by atoms with Crippen LogP contribution in [0.4, 0.5) is 5.69 Å². The van der Waals surface area contributed by atoms with E-state index in [1.165, 1.54) is 24.9 Å². The van der Waals surface area contributed by atoms with Crippen molar-refractivity contribution >= 4 is 5.69 Å². The van der Waals surface area contributed by atoms with E-state index in [-0.39, 0.29) is 12.4 Å². The topological polar surface area (TPSA) is 16.4 Å². The number of nitrogens with zero attached hydrogens (tertiary/aromatic N) is 2. The molecule has 0 aliphatic heterocycles. The zero-order valence-corrected chi connectivity index (χ0v) is 15.4. The van der Waals surface area contributed by atoms with E-state index in [9.17, 15) is 0 Å². The van der Waals surface area contributed by atoms with Crippen molar-refractivity contribution in [2.45, 2.75) is 52.9 Å². The summed E-state index contributed by atoms with van der Waals surface area (Å²) in [5, 5.41) is 0. The monoisotopic (exact) mass is 326 g/mol. The average Bonchev–Trinajstić information content (AvgIpc) is 2.45. The lowest BCUT2D eigenvalue weighted by molar-refractivity contribution is -0.735. The number of halogens is 1. The SMILES string of the molecule is CC(C)[C@@H]1CC[C@@H](C)C[C@H]1OC[n+]1cccc(N(C)C)c1.[Cl-]. The molecule has 22 heavy (non-hydrogen) atoms. The second kappa shape index (κ2) is 8.73. The predicted octanol–water partition coefficient (Wildman–Crippen LogP) is 0.479. The van der Waals surface area contributed by atoms with Crippen molar-refractivity contribution in [2.24, 2.45) is 17.8 Å². The van der Waals surface area contributed by atoms with Gasteiger partial charge < -0.3 is 22.0 Å². The highest BCUT2D eigenvalue weighted by Crippen LogP contribution is 2.35. The van der Waals surface area contributed by atoms with E-state index in [0.717, 1.165) is 5.92 Å². The van der Waals surface area contributed by atoms with E-state index < -0.39 is 0 Å². The largest absolute Gasteiger partial charge is 1.00 e. The van der Waals surface area contributed by atoms with Gasteiger partial charge in [-0.25, -0.2) is 0 Å². The fourth-order valence-corrected chi connectivity index (χ4v) is 3.34. The van der Waals surface area contributed by atoms with Gasteiger partial charge >= 0.3 is 0 Å². The van der Waals surface area contributed by atoms with Gasteiger partial charge in [-0.3, -0.25) is 0 Å². The molecular weight excluding hydrogens is 296 g/mol. The van der Waals surface area contributed by atoms with Crippen molar-refractivity contribution in [3.8, 4) is 0 Å². The maximum Gasteiger partial charge on any atom is 0.252 e. The van der Waals surface area contributed by atoms with Gasteiger partial charge in [0.05, 0.1) is 6.10 Å². The van der Waals surface area contributed by atoms with Gasteiger partial charge in [-0.1, -0.05) is 27.2 Å². The number of aromatic nitrogens is 1. The fourth-order valence-electron chi connectivity index (χ4n) is 3.34. The van der Waals surface area contributed by atoms with E-state index in [2.05, 4.69) is 68.9 Å². The highest BCUT2D eigenvalue weighted by Gasteiger charge is 2.32. The molecule has 1 aromatic rings. The van der Waals surface area contributed by atoms with Gasteiger partial charge in [-0.05, 0) is 36.7 Å². The number of pyridine rings is 1. The number of hydrogen-bond donors (Lipinski definition) is 0. The third kappa shape index (κ3) is 5.13. The van der Waals surface area contributed by atoms with E-state index in [4.69, 9.17) is 4.74 Å². The van der Waals surface area contributed by atoms with Gasteiger partial charge in [0.15, 0.2) is 12.4 Å². The minimum Gasteiger partial charge on any atom is -1.00 e. The van der Waals surface area contributed by atoms with Crippen LogP contribution >= 0.6 is 0 Å². The second-order valence-corrected chi connectivity index (χ2v) is 7.13. The molecular formula is C18H31ClN2O. The maximum absolute atomic E-state index is 6.29. The lowest BCUT2D eigenvalue weighted by atomic mass is 9.75. The fraction of sp³-hybridized carbons (Fsp3) is 0.722. The average molecular weight is 327 g/mol. The van der Waals surface area contributed by atoms with Crippen molar-refractivity contribution in [1.29, 1.82) is 0 Å². The van der Waals surface area contributed by atoms with Crippen LogP contribution in [0.1, 0.15) is 40.0 Å². The molecule has 0 spiro atoms. The second-order valence-electron chi connectivity index (χ2n) is 7.13. The molecule has 2 rings (SSSR count). The van der Waals surface area contributed by atoms with E-state index in [1.54, 1.807) is 0 Å². The molecule has 1 heterocycles. The van der Waals surface area contributed by atoms with Gasteiger partial charge in [-0.2, -0.15) is 4.57 Å². The van der Waals surface area contributed by atoms with Crippen LogP contribution in [0.2, 0.25) is 0 Å². The third-order valence-corrected chi connectivity index (χ3v) is 4.76. The quantitative estimate of drug-likeness (QED) is 0.732. The van der Waals surface area contributed by atoms with E-state index in [0.29, 0.717) is 24.7 Å². The Bertz CT molecular complexity index is 450. The van der Waals surface area contributed by atoms with Gasteiger partial charge in [0.25, 0.3) is 6.73 Å². The molecule has 0 radical (unpaired) electrons.